The van der Waals surface area contributed by atoms with Crippen LogP contribution in [0, 0.1) is 13.8 Å². The van der Waals surface area contributed by atoms with Gasteiger partial charge in [-0.15, -0.1) is 11.3 Å². The van der Waals surface area contributed by atoms with E-state index in [0.29, 0.717) is 5.82 Å². The molecule has 0 aliphatic carbocycles. The first-order valence-corrected chi connectivity index (χ1v) is 7.57. The molecule has 3 aromatic rings. The van der Waals surface area contributed by atoms with Crippen LogP contribution in [0.3, 0.4) is 0 Å². The molecule has 0 atom stereocenters. The van der Waals surface area contributed by atoms with Crippen molar-refractivity contribution in [1.82, 2.24) is 14.5 Å². The molecule has 20 heavy (non-hydrogen) atoms. The fourth-order valence-electron chi connectivity index (χ4n) is 2.48. The van der Waals surface area contributed by atoms with Crippen LogP contribution in [-0.4, -0.2) is 14.5 Å². The predicted octanol–water partition coefficient (Wildman–Crippen LogP) is 3.59. The van der Waals surface area contributed by atoms with Gasteiger partial charge in [0.1, 0.15) is 17.8 Å². The third-order valence-corrected chi connectivity index (χ3v) is 4.94. The molecule has 0 aliphatic heterocycles. The first-order valence-electron chi connectivity index (χ1n) is 6.38. The second-order valence-corrected chi connectivity index (χ2v) is 6.58. The van der Waals surface area contributed by atoms with Gasteiger partial charge in [-0.1, -0.05) is 11.6 Å². The summed E-state index contributed by atoms with van der Waals surface area (Å²) in [6.07, 6.45) is 2.46. The van der Waals surface area contributed by atoms with Crippen molar-refractivity contribution in [2.45, 2.75) is 26.8 Å². The maximum Gasteiger partial charge on any atom is 0.145 e. The Morgan fingerprint density at radius 3 is 2.80 bits per heavy atom. The molecule has 0 radical (unpaired) electrons. The molecule has 0 spiro atoms. The number of nitrogens with two attached hydrogens (primary N) is 1. The highest BCUT2D eigenvalue weighted by Crippen LogP contribution is 2.28. The molecule has 4 nitrogen and oxygen atoms in total. The van der Waals surface area contributed by atoms with Crippen molar-refractivity contribution in [3.63, 3.8) is 0 Å². The van der Waals surface area contributed by atoms with Gasteiger partial charge in [-0.3, -0.25) is 0 Å². The number of aromatic nitrogens is 3. The van der Waals surface area contributed by atoms with Crippen molar-refractivity contribution in [3.05, 3.63) is 38.9 Å². The molecule has 3 rings (SSSR count). The first-order chi connectivity index (χ1) is 9.58. The maximum absolute atomic E-state index is 5.97. The molecule has 0 unspecified atom stereocenters. The van der Waals surface area contributed by atoms with Crippen LogP contribution in [0.2, 0.25) is 4.34 Å². The average molecular weight is 307 g/mol. The first kappa shape index (κ1) is 13.4. The summed E-state index contributed by atoms with van der Waals surface area (Å²) in [6, 6.07) is 4.01. The van der Waals surface area contributed by atoms with Gasteiger partial charge >= 0.3 is 0 Å². The number of hydrogen-bond acceptors (Lipinski definition) is 4. The fraction of sp³-hybridized carbons (Fsp3) is 0.286. The van der Waals surface area contributed by atoms with E-state index in [1.54, 1.807) is 11.3 Å². The van der Waals surface area contributed by atoms with Gasteiger partial charge in [-0.05, 0) is 38.0 Å². The number of nitrogens with zero attached hydrogens (tertiary/aromatic N) is 3. The summed E-state index contributed by atoms with van der Waals surface area (Å²) in [5, 5.41) is 0.967. The highest BCUT2D eigenvalue weighted by molar-refractivity contribution is 7.16. The smallest absolute Gasteiger partial charge is 0.145 e. The Morgan fingerprint density at radius 1 is 1.30 bits per heavy atom. The molecule has 0 amide bonds. The Balaban J connectivity index is 1.99. The van der Waals surface area contributed by atoms with Gasteiger partial charge in [-0.25, -0.2) is 9.97 Å². The summed E-state index contributed by atoms with van der Waals surface area (Å²) < 4.78 is 3.04. The fourth-order valence-corrected chi connectivity index (χ4v) is 3.55. The Hall–Kier alpha value is -1.59. The zero-order valence-corrected chi connectivity index (χ0v) is 12.9. The maximum atomic E-state index is 5.97. The third-order valence-electron chi connectivity index (χ3n) is 3.65. The van der Waals surface area contributed by atoms with E-state index in [1.807, 2.05) is 6.07 Å². The van der Waals surface area contributed by atoms with Crippen molar-refractivity contribution < 1.29 is 0 Å². The summed E-state index contributed by atoms with van der Waals surface area (Å²) in [7, 11) is 0. The van der Waals surface area contributed by atoms with Crippen LogP contribution in [0.15, 0.2) is 18.5 Å². The van der Waals surface area contributed by atoms with Crippen LogP contribution >= 0.6 is 22.9 Å². The second-order valence-electron chi connectivity index (χ2n) is 4.78. The van der Waals surface area contributed by atoms with Crippen molar-refractivity contribution in [2.24, 2.45) is 0 Å². The number of hydrogen-bond donors (Lipinski definition) is 1. The van der Waals surface area contributed by atoms with Crippen LogP contribution in [0.5, 0.6) is 0 Å². The normalized spacial score (nSPS) is 11.3. The number of fused-ring (bicyclic) bond motifs is 1. The van der Waals surface area contributed by atoms with E-state index in [0.717, 1.165) is 33.9 Å². The molecule has 0 aliphatic rings. The Labute approximate surface area is 126 Å². The monoisotopic (exact) mass is 306 g/mol. The minimum atomic E-state index is 0.550. The van der Waals surface area contributed by atoms with Gasteiger partial charge < -0.3 is 10.3 Å². The minimum Gasteiger partial charge on any atom is -0.383 e. The van der Waals surface area contributed by atoms with E-state index in [-0.39, 0.29) is 0 Å². The lowest BCUT2D eigenvalue weighted by Crippen LogP contribution is -2.04. The van der Waals surface area contributed by atoms with Crippen LogP contribution in [0.1, 0.15) is 16.1 Å². The molecular formula is C14H15ClN4S. The number of halogens is 1. The van der Waals surface area contributed by atoms with Crippen LogP contribution in [0.4, 0.5) is 5.82 Å². The van der Waals surface area contributed by atoms with Gasteiger partial charge in [0.15, 0.2) is 0 Å². The van der Waals surface area contributed by atoms with Gasteiger partial charge in [0.2, 0.25) is 0 Å². The highest BCUT2D eigenvalue weighted by atomic mass is 35.5. The second kappa shape index (κ2) is 5.07. The molecular weight excluding hydrogens is 292 g/mol. The van der Waals surface area contributed by atoms with E-state index in [9.17, 15) is 0 Å². The summed E-state index contributed by atoms with van der Waals surface area (Å²) in [5.74, 6) is 0.550. The summed E-state index contributed by atoms with van der Waals surface area (Å²) >= 11 is 7.59. The summed E-state index contributed by atoms with van der Waals surface area (Å²) in [4.78, 5) is 9.75. The van der Waals surface area contributed by atoms with E-state index >= 15 is 0 Å². The van der Waals surface area contributed by atoms with Crippen molar-refractivity contribution in [3.8, 4) is 0 Å². The molecule has 104 valence electrons. The average Bonchev–Trinajstić information content (AvgIpc) is 2.93. The number of rotatable bonds is 3. The predicted molar refractivity (Wildman–Crippen MR) is 84.4 cm³/mol. The Morgan fingerprint density at radius 2 is 2.10 bits per heavy atom. The largest absolute Gasteiger partial charge is 0.383 e. The van der Waals surface area contributed by atoms with Crippen molar-refractivity contribution in [2.75, 3.05) is 5.73 Å². The topological polar surface area (TPSA) is 56.7 Å². The molecule has 3 heterocycles. The van der Waals surface area contributed by atoms with Gasteiger partial charge in [0, 0.05) is 17.1 Å². The SMILES string of the molecule is Cc1c(C)n(CCc2ccc(Cl)s2)c2ncnc(N)c12. The Bertz CT molecular complexity index is 775. The van der Waals surface area contributed by atoms with Crippen molar-refractivity contribution >= 4 is 39.8 Å². The van der Waals surface area contributed by atoms with Gasteiger partial charge in [-0.2, -0.15) is 0 Å². The summed E-state index contributed by atoms with van der Waals surface area (Å²) in [5.41, 5.74) is 9.23. The van der Waals surface area contributed by atoms with Crippen LogP contribution in [0.25, 0.3) is 11.0 Å². The minimum absolute atomic E-state index is 0.550. The van der Waals surface area contributed by atoms with E-state index in [1.165, 1.54) is 16.9 Å². The zero-order valence-electron chi connectivity index (χ0n) is 11.4. The zero-order chi connectivity index (χ0) is 14.3. The van der Waals surface area contributed by atoms with Crippen molar-refractivity contribution in [1.29, 1.82) is 0 Å². The lowest BCUT2D eigenvalue weighted by atomic mass is 10.2. The van der Waals surface area contributed by atoms with Gasteiger partial charge in [0.25, 0.3) is 0 Å². The number of aryl methyl sites for hydroxylation is 3. The summed E-state index contributed by atoms with van der Waals surface area (Å²) in [6.45, 7) is 5.03. The Kier molecular flexibility index (Phi) is 3.40. The molecule has 0 aromatic carbocycles. The third kappa shape index (κ3) is 2.17. The van der Waals surface area contributed by atoms with Gasteiger partial charge in [0.05, 0.1) is 9.72 Å². The van der Waals surface area contributed by atoms with E-state index in [2.05, 4.69) is 34.4 Å². The molecule has 0 fully saturated rings. The molecule has 0 saturated heterocycles. The number of nitrogen functional groups attached to an aromatic ring is 1. The van der Waals surface area contributed by atoms with E-state index in [4.69, 9.17) is 17.3 Å². The lowest BCUT2D eigenvalue weighted by molar-refractivity contribution is 0.700. The van der Waals surface area contributed by atoms with Crippen LogP contribution < -0.4 is 5.73 Å². The van der Waals surface area contributed by atoms with Crippen LogP contribution in [-0.2, 0) is 13.0 Å². The molecule has 3 aromatic heterocycles. The standard InChI is InChI=1S/C14H15ClN4S/c1-8-9(2)19(6-5-10-3-4-11(15)20-10)14-12(8)13(16)17-7-18-14/h3-4,7H,5-6H2,1-2H3,(H2,16,17,18). The molecule has 2 N–H and O–H groups in total. The lowest BCUT2D eigenvalue weighted by Gasteiger charge is -2.06. The quantitative estimate of drug-likeness (QED) is 0.804. The number of thiophene rings is 1. The molecule has 0 bridgehead atoms. The highest BCUT2D eigenvalue weighted by Gasteiger charge is 2.14. The molecule has 0 saturated carbocycles. The number of anilines is 1. The molecule has 6 heteroatoms. The van der Waals surface area contributed by atoms with E-state index < -0.39 is 0 Å².